The van der Waals surface area contributed by atoms with Gasteiger partial charge in [0.15, 0.2) is 5.13 Å². The second kappa shape index (κ2) is 15.6. The Balaban J connectivity index is 1.22. The predicted octanol–water partition coefficient (Wildman–Crippen LogP) is 1.45. The molecule has 0 bridgehead atoms. The van der Waals surface area contributed by atoms with Crippen molar-refractivity contribution >= 4 is 50.5 Å². The lowest BCUT2D eigenvalue weighted by atomic mass is 10.1. The van der Waals surface area contributed by atoms with Crippen LogP contribution in [0.1, 0.15) is 46.5 Å². The van der Waals surface area contributed by atoms with E-state index in [2.05, 4.69) is 36.3 Å². The van der Waals surface area contributed by atoms with Gasteiger partial charge < -0.3 is 25.4 Å². The number of hydrazine groups is 1. The molecule has 0 spiro atoms. The minimum Gasteiger partial charge on any atom is -0.444 e. The number of ether oxygens (including phenoxy) is 1. The number of aliphatic hydroxyl groups is 1. The largest absolute Gasteiger partial charge is 0.444 e. The predicted molar refractivity (Wildman–Crippen MR) is 156 cm³/mol. The van der Waals surface area contributed by atoms with Crippen molar-refractivity contribution in [2.75, 3.05) is 51.2 Å². The molecule has 0 saturated carbocycles. The highest BCUT2D eigenvalue weighted by molar-refractivity contribution is 7.22. The maximum atomic E-state index is 12.5. The number of aromatic nitrogens is 1. The molecular formula is C27H41N7O6S. The van der Waals surface area contributed by atoms with Crippen molar-refractivity contribution in [3.8, 4) is 0 Å². The Labute approximate surface area is 244 Å². The molecule has 41 heavy (non-hydrogen) atoms. The molecule has 1 aromatic carbocycles. The van der Waals surface area contributed by atoms with E-state index in [1.165, 1.54) is 11.3 Å². The van der Waals surface area contributed by atoms with Gasteiger partial charge in [-0.3, -0.25) is 30.1 Å². The van der Waals surface area contributed by atoms with Crippen molar-refractivity contribution in [1.82, 2.24) is 31.0 Å². The molecule has 2 aromatic rings. The van der Waals surface area contributed by atoms with Crippen LogP contribution in [0.3, 0.4) is 0 Å². The van der Waals surface area contributed by atoms with E-state index >= 15 is 0 Å². The summed E-state index contributed by atoms with van der Waals surface area (Å²) in [7, 11) is 0. The quantitative estimate of drug-likeness (QED) is 0.181. The van der Waals surface area contributed by atoms with Crippen molar-refractivity contribution in [2.45, 2.75) is 58.1 Å². The molecule has 1 atom stereocenters. The number of rotatable bonds is 12. The lowest BCUT2D eigenvalue weighted by Gasteiger charge is -2.34. The van der Waals surface area contributed by atoms with Crippen LogP contribution < -0.4 is 21.5 Å². The number of fused-ring (bicyclic) bond motifs is 1. The van der Waals surface area contributed by atoms with E-state index < -0.39 is 30.3 Å². The molecule has 1 aliphatic rings. The monoisotopic (exact) mass is 591 g/mol. The molecule has 0 radical (unpaired) electrons. The zero-order valence-corrected chi connectivity index (χ0v) is 24.7. The first-order valence-electron chi connectivity index (χ1n) is 13.8. The van der Waals surface area contributed by atoms with E-state index in [9.17, 15) is 24.3 Å². The molecule has 2 heterocycles. The summed E-state index contributed by atoms with van der Waals surface area (Å²) >= 11 is 1.47. The molecule has 1 unspecified atom stereocenters. The average Bonchev–Trinajstić information content (AvgIpc) is 3.32. The molecule has 14 heteroatoms. The second-order valence-corrected chi connectivity index (χ2v) is 11.9. The van der Waals surface area contributed by atoms with Crippen LogP contribution in [0, 0.1) is 0 Å². The maximum absolute atomic E-state index is 12.5. The Bertz CT molecular complexity index is 1140. The SMILES string of the molecule is CC(C)(C)OC(=O)NC(CO)C(=O)NNC(=O)CCCCCN1CCN(CC(=O)Nc2nc3ccccc3s2)CC1. The molecule has 1 fully saturated rings. The standard InChI is InChI=1S/C27H41N7O6S/c1-27(2,3)40-26(39)29-20(18-35)24(38)32-31-22(36)11-5-4-8-12-33-13-15-34(16-14-33)17-23(37)30-25-28-19-9-6-7-10-21(19)41-25/h6-7,9-10,20,35H,4-5,8,11-18H2,1-3H3,(H,29,39)(H,31,36)(H,32,38)(H,28,30,37). The molecule has 1 aliphatic heterocycles. The van der Waals surface area contributed by atoms with Crippen LogP contribution in [-0.4, -0.2) is 101 Å². The lowest BCUT2D eigenvalue weighted by molar-refractivity contribution is -0.130. The maximum Gasteiger partial charge on any atom is 0.408 e. The third-order valence-electron chi connectivity index (χ3n) is 6.27. The van der Waals surface area contributed by atoms with Gasteiger partial charge in [0.25, 0.3) is 5.91 Å². The van der Waals surface area contributed by atoms with Crippen LogP contribution in [0.2, 0.25) is 0 Å². The van der Waals surface area contributed by atoms with Crippen LogP contribution in [0.4, 0.5) is 9.93 Å². The number of carbonyl (C=O) groups excluding carboxylic acids is 4. The van der Waals surface area contributed by atoms with Crippen LogP contribution in [0.5, 0.6) is 0 Å². The topological polar surface area (TPSA) is 165 Å². The first-order valence-corrected chi connectivity index (χ1v) is 14.6. The number of benzene rings is 1. The second-order valence-electron chi connectivity index (χ2n) is 10.9. The Hall–Kier alpha value is -3.33. The number of hydrogen-bond donors (Lipinski definition) is 5. The molecule has 3 rings (SSSR count). The first kappa shape index (κ1) is 32.2. The first-order chi connectivity index (χ1) is 19.5. The van der Waals surface area contributed by atoms with E-state index in [0.717, 1.165) is 55.8 Å². The highest BCUT2D eigenvalue weighted by Crippen LogP contribution is 2.25. The minimum absolute atomic E-state index is 0.0573. The molecular weight excluding hydrogens is 550 g/mol. The number of piperazine rings is 1. The summed E-state index contributed by atoms with van der Waals surface area (Å²) in [5.41, 5.74) is 4.66. The van der Waals surface area contributed by atoms with Gasteiger partial charge in [-0.15, -0.1) is 0 Å². The molecule has 1 saturated heterocycles. The van der Waals surface area contributed by atoms with Crippen LogP contribution in [-0.2, 0) is 19.1 Å². The summed E-state index contributed by atoms with van der Waals surface area (Å²) in [6.45, 7) is 9.02. The number of amides is 4. The Morgan fingerprint density at radius 3 is 2.39 bits per heavy atom. The van der Waals surface area contributed by atoms with Gasteiger partial charge in [-0.05, 0) is 52.3 Å². The number of carbonyl (C=O) groups is 4. The van der Waals surface area contributed by atoms with Crippen LogP contribution in [0.25, 0.3) is 10.2 Å². The molecule has 4 amide bonds. The molecule has 5 N–H and O–H groups in total. The Kier molecular flexibility index (Phi) is 12.3. The van der Waals surface area contributed by atoms with E-state index in [1.54, 1.807) is 20.8 Å². The van der Waals surface area contributed by atoms with Gasteiger partial charge in [-0.1, -0.05) is 29.9 Å². The summed E-state index contributed by atoms with van der Waals surface area (Å²) in [6, 6.07) is 6.55. The third kappa shape index (κ3) is 11.6. The molecule has 13 nitrogen and oxygen atoms in total. The normalized spacial score (nSPS) is 15.2. The molecule has 226 valence electrons. The van der Waals surface area contributed by atoms with E-state index in [0.29, 0.717) is 18.1 Å². The number of anilines is 1. The van der Waals surface area contributed by atoms with Gasteiger partial charge in [0.2, 0.25) is 11.8 Å². The molecule has 0 aliphatic carbocycles. The summed E-state index contributed by atoms with van der Waals surface area (Å²) in [6.07, 6.45) is 1.84. The number of alkyl carbamates (subject to hydrolysis) is 1. The van der Waals surface area contributed by atoms with E-state index in [4.69, 9.17) is 4.74 Å². The Morgan fingerprint density at radius 1 is 1.00 bits per heavy atom. The van der Waals surface area contributed by atoms with Gasteiger partial charge >= 0.3 is 6.09 Å². The van der Waals surface area contributed by atoms with Gasteiger partial charge in [-0.2, -0.15) is 0 Å². The van der Waals surface area contributed by atoms with Crippen molar-refractivity contribution in [3.05, 3.63) is 24.3 Å². The summed E-state index contributed by atoms with van der Waals surface area (Å²) in [5.74, 6) is -1.16. The zero-order valence-electron chi connectivity index (χ0n) is 23.9. The van der Waals surface area contributed by atoms with Gasteiger partial charge in [0.1, 0.15) is 11.6 Å². The number of para-hydroxylation sites is 1. The summed E-state index contributed by atoms with van der Waals surface area (Å²) in [5, 5.41) is 15.2. The minimum atomic E-state index is -1.25. The number of nitrogens with one attached hydrogen (secondary N) is 4. The number of nitrogens with zero attached hydrogens (tertiary/aromatic N) is 3. The number of hydrogen-bond acceptors (Lipinski definition) is 10. The smallest absolute Gasteiger partial charge is 0.408 e. The average molecular weight is 592 g/mol. The van der Waals surface area contributed by atoms with E-state index in [1.807, 2.05) is 24.3 Å². The van der Waals surface area contributed by atoms with Crippen molar-refractivity contribution in [1.29, 1.82) is 0 Å². The zero-order chi connectivity index (χ0) is 29.8. The molecule has 1 aromatic heterocycles. The van der Waals surface area contributed by atoms with Crippen LogP contribution in [0.15, 0.2) is 24.3 Å². The number of aliphatic hydroxyl groups excluding tert-OH is 1. The van der Waals surface area contributed by atoms with Gasteiger partial charge in [-0.25, -0.2) is 9.78 Å². The number of thiazole rings is 1. The van der Waals surface area contributed by atoms with Gasteiger partial charge in [0, 0.05) is 32.6 Å². The van der Waals surface area contributed by atoms with Gasteiger partial charge in [0.05, 0.1) is 23.4 Å². The van der Waals surface area contributed by atoms with Crippen molar-refractivity contribution in [3.63, 3.8) is 0 Å². The Morgan fingerprint density at radius 2 is 1.71 bits per heavy atom. The summed E-state index contributed by atoms with van der Waals surface area (Å²) < 4.78 is 6.11. The summed E-state index contributed by atoms with van der Waals surface area (Å²) in [4.78, 5) is 57.4. The van der Waals surface area contributed by atoms with E-state index in [-0.39, 0.29) is 18.2 Å². The highest BCUT2D eigenvalue weighted by atomic mass is 32.1. The lowest BCUT2D eigenvalue weighted by Crippen LogP contribution is -2.54. The fourth-order valence-electron chi connectivity index (χ4n) is 4.18. The van der Waals surface area contributed by atoms with Crippen LogP contribution >= 0.6 is 11.3 Å². The van der Waals surface area contributed by atoms with Crippen molar-refractivity contribution < 1.29 is 29.0 Å². The highest BCUT2D eigenvalue weighted by Gasteiger charge is 2.24. The number of unbranched alkanes of at least 4 members (excludes halogenated alkanes) is 2. The fraction of sp³-hybridized carbons (Fsp3) is 0.593. The fourth-order valence-corrected chi connectivity index (χ4v) is 5.06. The third-order valence-corrected chi connectivity index (χ3v) is 7.22. The van der Waals surface area contributed by atoms with Crippen molar-refractivity contribution in [2.24, 2.45) is 0 Å².